The minimum absolute atomic E-state index is 0.240. The minimum atomic E-state index is -1.23. The van der Waals surface area contributed by atoms with Gasteiger partial charge in [0.1, 0.15) is 12.1 Å². The first-order chi connectivity index (χ1) is 8.57. The van der Waals surface area contributed by atoms with Gasteiger partial charge in [-0.1, -0.05) is 29.8 Å². The van der Waals surface area contributed by atoms with Crippen molar-refractivity contribution in [2.75, 3.05) is 19.8 Å². The van der Waals surface area contributed by atoms with Gasteiger partial charge in [0, 0.05) is 18.1 Å². The number of benzene rings is 1. The first kappa shape index (κ1) is 13.3. The number of hydrogen-bond donors (Lipinski definition) is 1. The van der Waals surface area contributed by atoms with Crippen molar-refractivity contribution in [3.8, 4) is 0 Å². The standard InChI is InChI=1S/C13H15ClFNO2/c14-11-4-2-1-3-10(11)7-16-6-5-13(8-15,9-16)12(17)18/h1-4H,5-9H2,(H,17,18). The Morgan fingerprint density at radius 2 is 2.22 bits per heavy atom. The molecule has 5 heteroatoms. The fraction of sp³-hybridized carbons (Fsp3) is 0.462. The van der Waals surface area contributed by atoms with E-state index in [0.717, 1.165) is 5.56 Å². The lowest BCUT2D eigenvalue weighted by atomic mass is 9.89. The van der Waals surface area contributed by atoms with E-state index in [2.05, 4.69) is 0 Å². The van der Waals surface area contributed by atoms with Gasteiger partial charge in [-0.25, -0.2) is 4.39 Å². The Balaban J connectivity index is 2.06. The number of carboxylic acids is 1. The van der Waals surface area contributed by atoms with Gasteiger partial charge in [-0.05, 0) is 24.6 Å². The van der Waals surface area contributed by atoms with E-state index in [1.807, 2.05) is 23.1 Å². The van der Waals surface area contributed by atoms with Gasteiger partial charge in [0.25, 0.3) is 0 Å². The molecule has 1 atom stereocenters. The molecule has 0 aromatic heterocycles. The van der Waals surface area contributed by atoms with Crippen LogP contribution < -0.4 is 0 Å². The van der Waals surface area contributed by atoms with Crippen molar-refractivity contribution in [3.05, 3.63) is 34.9 Å². The zero-order valence-electron chi connectivity index (χ0n) is 9.90. The second kappa shape index (κ2) is 5.24. The maximum Gasteiger partial charge on any atom is 0.313 e. The quantitative estimate of drug-likeness (QED) is 0.915. The summed E-state index contributed by atoms with van der Waals surface area (Å²) in [5.74, 6) is -1.05. The summed E-state index contributed by atoms with van der Waals surface area (Å²) in [6, 6.07) is 7.43. The van der Waals surface area contributed by atoms with Crippen LogP contribution in [0.4, 0.5) is 4.39 Å². The van der Waals surface area contributed by atoms with Crippen LogP contribution in [-0.4, -0.2) is 35.7 Å². The number of nitrogens with zero attached hydrogens (tertiary/aromatic N) is 1. The Morgan fingerprint density at radius 3 is 2.78 bits per heavy atom. The van der Waals surface area contributed by atoms with Gasteiger partial charge in [0.05, 0.1) is 0 Å². The largest absolute Gasteiger partial charge is 0.481 e. The molecule has 98 valence electrons. The van der Waals surface area contributed by atoms with Crippen LogP contribution >= 0.6 is 11.6 Å². The zero-order chi connectivity index (χ0) is 13.2. The fourth-order valence-electron chi connectivity index (χ4n) is 2.30. The van der Waals surface area contributed by atoms with Crippen molar-refractivity contribution in [1.82, 2.24) is 4.90 Å². The van der Waals surface area contributed by atoms with Crippen molar-refractivity contribution < 1.29 is 14.3 Å². The smallest absolute Gasteiger partial charge is 0.313 e. The van der Waals surface area contributed by atoms with Crippen LogP contribution in [0.15, 0.2) is 24.3 Å². The molecule has 1 fully saturated rings. The highest BCUT2D eigenvalue weighted by Gasteiger charge is 2.45. The molecular formula is C13H15ClFNO2. The van der Waals surface area contributed by atoms with Crippen molar-refractivity contribution in [2.45, 2.75) is 13.0 Å². The van der Waals surface area contributed by atoms with Crippen molar-refractivity contribution in [2.24, 2.45) is 5.41 Å². The van der Waals surface area contributed by atoms with Crippen LogP contribution in [0.25, 0.3) is 0 Å². The number of carbonyl (C=O) groups is 1. The van der Waals surface area contributed by atoms with Crippen LogP contribution in [0.3, 0.4) is 0 Å². The lowest BCUT2D eigenvalue weighted by Gasteiger charge is -2.21. The molecule has 1 aromatic rings. The highest BCUT2D eigenvalue weighted by atomic mass is 35.5. The molecule has 0 saturated carbocycles. The molecule has 0 bridgehead atoms. The molecule has 1 aromatic carbocycles. The van der Waals surface area contributed by atoms with Gasteiger partial charge in [-0.2, -0.15) is 0 Å². The Morgan fingerprint density at radius 1 is 1.50 bits per heavy atom. The monoisotopic (exact) mass is 271 g/mol. The second-order valence-electron chi connectivity index (χ2n) is 4.77. The molecule has 3 nitrogen and oxygen atoms in total. The van der Waals surface area contributed by atoms with Crippen molar-refractivity contribution in [3.63, 3.8) is 0 Å². The fourth-order valence-corrected chi connectivity index (χ4v) is 2.50. The van der Waals surface area contributed by atoms with Gasteiger partial charge < -0.3 is 5.11 Å². The van der Waals surface area contributed by atoms with E-state index in [4.69, 9.17) is 16.7 Å². The summed E-state index contributed by atoms with van der Waals surface area (Å²) in [5.41, 5.74) is -0.291. The molecule has 0 aliphatic carbocycles. The predicted molar refractivity (Wildman–Crippen MR) is 67.4 cm³/mol. The maximum atomic E-state index is 13.0. The molecule has 1 heterocycles. The molecule has 0 radical (unpaired) electrons. The third kappa shape index (κ3) is 2.49. The van der Waals surface area contributed by atoms with E-state index in [0.29, 0.717) is 24.5 Å². The lowest BCUT2D eigenvalue weighted by Crippen LogP contribution is -2.36. The first-order valence-corrected chi connectivity index (χ1v) is 6.20. The number of likely N-dealkylation sites (tertiary alicyclic amines) is 1. The summed E-state index contributed by atoms with van der Waals surface area (Å²) in [5, 5.41) is 9.77. The SMILES string of the molecule is O=C(O)C1(CF)CCN(Cc2ccccc2Cl)C1. The highest BCUT2D eigenvalue weighted by Crippen LogP contribution is 2.33. The van der Waals surface area contributed by atoms with Crippen LogP contribution in [-0.2, 0) is 11.3 Å². The number of rotatable bonds is 4. The molecule has 1 aliphatic heterocycles. The summed E-state index contributed by atoms with van der Waals surface area (Å²) in [7, 11) is 0. The molecule has 0 amide bonds. The highest BCUT2D eigenvalue weighted by molar-refractivity contribution is 6.31. The maximum absolute atomic E-state index is 13.0. The topological polar surface area (TPSA) is 40.5 Å². The molecule has 18 heavy (non-hydrogen) atoms. The van der Waals surface area contributed by atoms with E-state index in [1.54, 1.807) is 6.07 Å². The van der Waals surface area contributed by atoms with Crippen LogP contribution in [0.2, 0.25) is 5.02 Å². The van der Waals surface area contributed by atoms with Gasteiger partial charge in [-0.3, -0.25) is 9.69 Å². The van der Waals surface area contributed by atoms with E-state index in [1.165, 1.54) is 0 Å². The Hall–Kier alpha value is -1.13. The summed E-state index contributed by atoms with van der Waals surface area (Å²) < 4.78 is 13.0. The van der Waals surface area contributed by atoms with E-state index < -0.39 is 18.1 Å². The summed E-state index contributed by atoms with van der Waals surface area (Å²) >= 11 is 6.05. The van der Waals surface area contributed by atoms with Gasteiger partial charge >= 0.3 is 5.97 Å². The summed E-state index contributed by atoms with van der Waals surface area (Å²) in [6.45, 7) is 0.571. The van der Waals surface area contributed by atoms with E-state index in [9.17, 15) is 9.18 Å². The Kier molecular flexibility index (Phi) is 3.88. The third-order valence-corrected chi connectivity index (χ3v) is 3.86. The van der Waals surface area contributed by atoms with E-state index >= 15 is 0 Å². The molecule has 1 N–H and O–H groups in total. The molecule has 1 unspecified atom stereocenters. The molecule has 1 saturated heterocycles. The lowest BCUT2D eigenvalue weighted by molar-refractivity contribution is -0.149. The Bertz CT molecular complexity index is 454. The number of alkyl halides is 1. The van der Waals surface area contributed by atoms with Gasteiger partial charge in [0.15, 0.2) is 0 Å². The van der Waals surface area contributed by atoms with Gasteiger partial charge in [-0.15, -0.1) is 0 Å². The van der Waals surface area contributed by atoms with Gasteiger partial charge in [0.2, 0.25) is 0 Å². The zero-order valence-corrected chi connectivity index (χ0v) is 10.7. The molecule has 1 aliphatic rings. The van der Waals surface area contributed by atoms with Crippen LogP contribution in [0.1, 0.15) is 12.0 Å². The normalized spacial score (nSPS) is 24.3. The van der Waals surface area contributed by atoms with Crippen molar-refractivity contribution in [1.29, 1.82) is 0 Å². The molecular weight excluding hydrogens is 257 g/mol. The van der Waals surface area contributed by atoms with Crippen LogP contribution in [0.5, 0.6) is 0 Å². The minimum Gasteiger partial charge on any atom is -0.481 e. The summed E-state index contributed by atoms with van der Waals surface area (Å²) in [6.07, 6.45) is 0.350. The average molecular weight is 272 g/mol. The second-order valence-corrected chi connectivity index (χ2v) is 5.18. The average Bonchev–Trinajstić information content (AvgIpc) is 2.77. The number of aliphatic carboxylic acids is 1. The molecule has 2 rings (SSSR count). The van der Waals surface area contributed by atoms with Crippen LogP contribution in [0, 0.1) is 5.41 Å². The number of hydrogen-bond acceptors (Lipinski definition) is 2. The Labute approximate surface area is 110 Å². The van der Waals surface area contributed by atoms with Crippen molar-refractivity contribution >= 4 is 17.6 Å². The summed E-state index contributed by atoms with van der Waals surface area (Å²) in [4.78, 5) is 13.1. The first-order valence-electron chi connectivity index (χ1n) is 5.82. The number of halogens is 2. The van der Waals surface area contributed by atoms with E-state index in [-0.39, 0.29) is 6.54 Å². The third-order valence-electron chi connectivity index (χ3n) is 3.49. The number of carboxylic acid groups (broad SMARTS) is 1. The predicted octanol–water partition coefficient (Wildman–Crippen LogP) is 2.59. The molecule has 0 spiro atoms.